The van der Waals surface area contributed by atoms with Crippen molar-refractivity contribution in [3.8, 4) is 21.7 Å². The summed E-state index contributed by atoms with van der Waals surface area (Å²) >= 11 is 3.05. The second kappa shape index (κ2) is 15.3. The fourth-order valence-electron chi connectivity index (χ4n) is 5.95. The Labute approximate surface area is 294 Å². The zero-order valence-electron chi connectivity index (χ0n) is 27.2. The molecule has 0 fully saturated rings. The van der Waals surface area contributed by atoms with Crippen LogP contribution in [0.5, 0.6) is 0 Å². The Morgan fingerprint density at radius 1 is 0.898 bits per heavy atom. The van der Waals surface area contributed by atoms with E-state index in [-0.39, 0.29) is 12.0 Å². The molecule has 0 amide bonds. The lowest BCUT2D eigenvalue weighted by Crippen LogP contribution is -2.38. The normalized spacial score (nSPS) is 14.5. The van der Waals surface area contributed by atoms with E-state index in [0.717, 1.165) is 54.7 Å². The molecule has 250 valence electrons. The van der Waals surface area contributed by atoms with Crippen LogP contribution in [-0.2, 0) is 23.2 Å². The zero-order chi connectivity index (χ0) is 34.4. The van der Waals surface area contributed by atoms with Crippen LogP contribution in [0.1, 0.15) is 30.3 Å². The number of benzene rings is 3. The summed E-state index contributed by atoms with van der Waals surface area (Å²) in [4.78, 5) is 17.1. The quantitative estimate of drug-likeness (QED) is 0.0673. The highest BCUT2D eigenvalue weighted by molar-refractivity contribution is 7.85. The van der Waals surface area contributed by atoms with E-state index >= 15 is 0 Å². The van der Waals surface area contributed by atoms with Crippen molar-refractivity contribution in [3.63, 3.8) is 0 Å². The Hall–Kier alpha value is -4.61. The Balaban J connectivity index is 1.52. The van der Waals surface area contributed by atoms with Crippen LogP contribution in [-0.4, -0.2) is 29.8 Å². The highest BCUT2D eigenvalue weighted by Crippen LogP contribution is 2.36. The fraction of sp³-hybridized carbons (Fsp3) is 0.179. The maximum absolute atomic E-state index is 13.8. The van der Waals surface area contributed by atoms with Crippen LogP contribution in [0.3, 0.4) is 0 Å². The van der Waals surface area contributed by atoms with Gasteiger partial charge < -0.3 is 9.45 Å². The number of fused-ring (bicyclic) bond motifs is 1. The van der Waals surface area contributed by atoms with Crippen LogP contribution < -0.4 is 24.2 Å². The summed E-state index contributed by atoms with van der Waals surface area (Å²) in [7, 11) is -4.31. The molecule has 3 heterocycles. The van der Waals surface area contributed by atoms with Crippen molar-refractivity contribution >= 4 is 56.2 Å². The Bertz CT molecular complexity index is 2320. The number of rotatable bonds is 12. The van der Waals surface area contributed by atoms with Gasteiger partial charge in [0.2, 0.25) is 5.69 Å². The van der Waals surface area contributed by atoms with Gasteiger partial charge in [-0.3, -0.25) is 9.36 Å². The second-order valence-electron chi connectivity index (χ2n) is 11.5. The van der Waals surface area contributed by atoms with E-state index in [1.165, 1.54) is 11.3 Å². The first-order valence-corrected chi connectivity index (χ1v) is 19.4. The summed E-state index contributed by atoms with van der Waals surface area (Å²) < 4.78 is 39.5. The summed E-state index contributed by atoms with van der Waals surface area (Å²) in [5.41, 5.74) is 6.27. The average molecular weight is 708 g/mol. The van der Waals surface area contributed by atoms with E-state index in [1.807, 2.05) is 66.8 Å². The third kappa shape index (κ3) is 7.84. The van der Waals surface area contributed by atoms with Gasteiger partial charge in [0, 0.05) is 48.3 Å². The lowest BCUT2D eigenvalue weighted by molar-refractivity contribution is -0.683. The van der Waals surface area contributed by atoms with Crippen LogP contribution >= 0.6 is 22.7 Å². The van der Waals surface area contributed by atoms with Crippen LogP contribution in [0, 0.1) is 0 Å². The van der Waals surface area contributed by atoms with Crippen molar-refractivity contribution in [1.82, 2.24) is 4.57 Å². The van der Waals surface area contributed by atoms with E-state index in [0.29, 0.717) is 24.0 Å². The molecular formula is C39H37N3O4S3. The summed E-state index contributed by atoms with van der Waals surface area (Å²) in [6.07, 6.45) is 12.6. The molecule has 0 atom stereocenters. The average Bonchev–Trinajstić information content (AvgIpc) is 3.62. The maximum Gasteiger partial charge on any atom is 0.269 e. The lowest BCUT2D eigenvalue weighted by Gasteiger charge is -2.26. The molecule has 1 aliphatic rings. The lowest BCUT2D eigenvalue weighted by atomic mass is 9.99. The minimum absolute atomic E-state index is 0.0911. The van der Waals surface area contributed by atoms with Gasteiger partial charge in [-0.15, -0.1) is 17.9 Å². The second-order valence-corrected chi connectivity index (χ2v) is 15.1. The van der Waals surface area contributed by atoms with Crippen LogP contribution in [0.15, 0.2) is 121 Å². The molecule has 2 aromatic heterocycles. The molecular weight excluding hydrogens is 671 g/mol. The Kier molecular flexibility index (Phi) is 10.7. The smallest absolute Gasteiger partial charge is 0.269 e. The molecule has 0 bridgehead atoms. The molecule has 0 spiro atoms. The van der Waals surface area contributed by atoms with E-state index in [9.17, 15) is 17.8 Å². The zero-order valence-corrected chi connectivity index (χ0v) is 29.6. The van der Waals surface area contributed by atoms with Crippen molar-refractivity contribution in [2.45, 2.75) is 32.9 Å². The molecule has 6 rings (SSSR count). The Morgan fingerprint density at radius 3 is 2.29 bits per heavy atom. The van der Waals surface area contributed by atoms with E-state index in [4.69, 9.17) is 0 Å². The molecule has 10 heteroatoms. The first-order valence-electron chi connectivity index (χ1n) is 16.2. The molecule has 0 unspecified atom stereocenters. The van der Waals surface area contributed by atoms with Gasteiger partial charge in [0.05, 0.1) is 20.7 Å². The number of nitrogens with zero attached hydrogens (tertiary/aromatic N) is 3. The largest absolute Gasteiger partial charge is 0.748 e. The van der Waals surface area contributed by atoms with E-state index in [1.54, 1.807) is 22.0 Å². The molecule has 5 aromatic rings. The predicted molar refractivity (Wildman–Crippen MR) is 202 cm³/mol. The summed E-state index contributed by atoms with van der Waals surface area (Å²) in [5.74, 6) is -0.405. The van der Waals surface area contributed by atoms with Gasteiger partial charge in [-0.2, -0.15) is 4.57 Å². The van der Waals surface area contributed by atoms with Gasteiger partial charge in [0.25, 0.3) is 10.6 Å². The third-order valence-corrected chi connectivity index (χ3v) is 11.3. The molecule has 0 radical (unpaired) electrons. The summed E-state index contributed by atoms with van der Waals surface area (Å²) in [5, 5.41) is 0.912. The molecule has 1 aliphatic heterocycles. The fourth-order valence-corrected chi connectivity index (χ4v) is 8.83. The van der Waals surface area contributed by atoms with Gasteiger partial charge in [-0.25, -0.2) is 8.42 Å². The van der Waals surface area contributed by atoms with Crippen LogP contribution in [0.25, 0.3) is 39.4 Å². The van der Waals surface area contributed by atoms with Crippen molar-refractivity contribution < 1.29 is 17.5 Å². The summed E-state index contributed by atoms with van der Waals surface area (Å²) in [6, 6.07) is 28.5. The van der Waals surface area contributed by atoms with E-state index in [2.05, 4.69) is 71.6 Å². The molecule has 7 nitrogen and oxygen atoms in total. The van der Waals surface area contributed by atoms with Crippen LogP contribution in [0.4, 0.5) is 5.69 Å². The SMILES string of the molecule is C=CCn1c(=O)/c(=C/C=C2/C=CN(CC)c3ccccc32)s/c1=C\c1sc(-c2ccccc2)c(-c2ccccc2)[n+]1CCCCS(=O)(=O)[O-]. The van der Waals surface area contributed by atoms with E-state index < -0.39 is 15.9 Å². The van der Waals surface area contributed by atoms with Crippen molar-refractivity contribution in [3.05, 3.63) is 146 Å². The van der Waals surface area contributed by atoms with Crippen LogP contribution in [0.2, 0.25) is 0 Å². The standard InChI is InChI=1S/C39H37N3O4S3/c1-3-24-42-36(47-34(39(42)43)22-21-29-23-26-40(4-2)33-20-12-11-19-32(29)33)28-35-41(25-13-14-27-49(44,45)46)37(30-15-7-5-8-16-30)38(48-35)31-17-9-6-10-18-31/h3,5-12,15-23,26,28H,1,4,13-14,24-25,27H2,2H3/b29-21-,34-22-. The van der Waals surface area contributed by atoms with Gasteiger partial charge in [0.15, 0.2) is 6.54 Å². The number of thiazole rings is 2. The number of hydrogen-bond donors (Lipinski definition) is 0. The number of hydrogen-bond acceptors (Lipinski definition) is 7. The first-order chi connectivity index (χ1) is 23.8. The molecule has 0 saturated carbocycles. The minimum atomic E-state index is -4.31. The molecule has 0 saturated heterocycles. The number of para-hydroxylation sites is 1. The number of allylic oxidation sites excluding steroid dienone is 4. The van der Waals surface area contributed by atoms with Crippen molar-refractivity contribution in [2.24, 2.45) is 0 Å². The number of aromatic nitrogens is 2. The number of anilines is 1. The topological polar surface area (TPSA) is 86.3 Å². The monoisotopic (exact) mass is 707 g/mol. The first kappa shape index (κ1) is 34.3. The highest BCUT2D eigenvalue weighted by Gasteiger charge is 2.28. The summed E-state index contributed by atoms with van der Waals surface area (Å²) in [6.45, 7) is 7.74. The third-order valence-electron chi connectivity index (χ3n) is 8.28. The van der Waals surface area contributed by atoms with Gasteiger partial charge in [-0.05, 0) is 54.8 Å². The molecule has 0 aliphatic carbocycles. The highest BCUT2D eigenvalue weighted by atomic mass is 32.2. The van der Waals surface area contributed by atoms with Crippen molar-refractivity contribution in [2.75, 3.05) is 17.2 Å². The van der Waals surface area contributed by atoms with Gasteiger partial charge in [0.1, 0.15) is 9.54 Å². The minimum Gasteiger partial charge on any atom is -0.748 e. The molecule has 0 N–H and O–H groups in total. The molecule has 3 aromatic carbocycles. The Morgan fingerprint density at radius 2 is 1.59 bits per heavy atom. The van der Waals surface area contributed by atoms with Crippen molar-refractivity contribution in [1.29, 1.82) is 0 Å². The van der Waals surface area contributed by atoms with Gasteiger partial charge >= 0.3 is 0 Å². The number of unbranched alkanes of at least 4 members (excludes halogenated alkanes) is 1. The maximum atomic E-state index is 13.8. The molecule has 49 heavy (non-hydrogen) atoms. The predicted octanol–water partition coefficient (Wildman–Crippen LogP) is 6.15. The van der Waals surface area contributed by atoms with Gasteiger partial charge in [-0.1, -0.05) is 90.2 Å².